The van der Waals surface area contributed by atoms with E-state index in [4.69, 9.17) is 0 Å². The van der Waals surface area contributed by atoms with Crippen molar-refractivity contribution < 1.29 is 0 Å². The second-order valence-electron chi connectivity index (χ2n) is 5.21. The largest absolute Gasteiger partial charge is 0.310 e. The molecule has 1 saturated carbocycles. The van der Waals surface area contributed by atoms with Crippen molar-refractivity contribution in [2.45, 2.75) is 70.9 Å². The van der Waals surface area contributed by atoms with Gasteiger partial charge in [-0.15, -0.1) is 0 Å². The van der Waals surface area contributed by atoms with Gasteiger partial charge in [-0.3, -0.25) is 0 Å². The van der Waals surface area contributed by atoms with Crippen molar-refractivity contribution in [1.82, 2.24) is 5.32 Å². The molecule has 16 heavy (non-hydrogen) atoms. The predicted octanol–water partition coefficient (Wildman–Crippen LogP) is 4.08. The minimum Gasteiger partial charge on any atom is -0.310 e. The summed E-state index contributed by atoms with van der Waals surface area (Å²) in [5.41, 5.74) is 0. The van der Waals surface area contributed by atoms with Crippen LogP contribution < -0.4 is 5.32 Å². The zero-order valence-electron chi connectivity index (χ0n) is 11.3. The Balaban J connectivity index is 2.30. The van der Waals surface area contributed by atoms with E-state index in [1.54, 1.807) is 0 Å². The Labute approximate surface area is 106 Å². The van der Waals surface area contributed by atoms with Crippen LogP contribution in [0.3, 0.4) is 0 Å². The fourth-order valence-electron chi connectivity index (χ4n) is 2.77. The Bertz CT molecular complexity index is 172. The lowest BCUT2D eigenvalue weighted by atomic mass is 9.97. The van der Waals surface area contributed by atoms with E-state index in [2.05, 4.69) is 25.4 Å². The second kappa shape index (κ2) is 8.41. The molecule has 1 aliphatic rings. The van der Waals surface area contributed by atoms with Crippen molar-refractivity contribution in [3.05, 3.63) is 0 Å². The lowest BCUT2D eigenvalue weighted by molar-refractivity contribution is 0.393. The molecule has 0 radical (unpaired) electrons. The molecule has 1 fully saturated rings. The molecule has 96 valence electrons. The van der Waals surface area contributed by atoms with E-state index in [9.17, 15) is 0 Å². The molecule has 0 aromatic heterocycles. The van der Waals surface area contributed by atoms with Gasteiger partial charge >= 0.3 is 0 Å². The van der Waals surface area contributed by atoms with E-state index in [0.29, 0.717) is 0 Å². The number of hydrogen-bond acceptors (Lipinski definition) is 2. The number of hydrogen-bond donors (Lipinski definition) is 1. The first-order valence-electron chi connectivity index (χ1n) is 7.05. The van der Waals surface area contributed by atoms with E-state index >= 15 is 0 Å². The molecule has 0 saturated heterocycles. The van der Waals surface area contributed by atoms with Gasteiger partial charge in [-0.2, -0.15) is 11.8 Å². The van der Waals surface area contributed by atoms with E-state index in [0.717, 1.165) is 18.0 Å². The summed E-state index contributed by atoms with van der Waals surface area (Å²) in [5.74, 6) is 2.27. The summed E-state index contributed by atoms with van der Waals surface area (Å²) < 4.78 is 0. The fraction of sp³-hybridized carbons (Fsp3) is 1.00. The molecule has 0 heterocycles. The third-order valence-corrected chi connectivity index (χ3v) is 4.73. The van der Waals surface area contributed by atoms with Gasteiger partial charge < -0.3 is 5.32 Å². The third kappa shape index (κ3) is 5.09. The van der Waals surface area contributed by atoms with E-state index in [1.165, 1.54) is 50.7 Å². The first-order valence-corrected chi connectivity index (χ1v) is 8.44. The number of rotatable bonds is 6. The van der Waals surface area contributed by atoms with Crippen molar-refractivity contribution in [1.29, 1.82) is 0 Å². The molecule has 0 spiro atoms. The topological polar surface area (TPSA) is 12.0 Å². The van der Waals surface area contributed by atoms with Gasteiger partial charge in [0.05, 0.1) is 0 Å². The summed E-state index contributed by atoms with van der Waals surface area (Å²) in [6.07, 6.45) is 12.0. The van der Waals surface area contributed by atoms with Gasteiger partial charge in [-0.1, -0.05) is 33.1 Å². The first kappa shape index (κ1) is 14.4. The van der Waals surface area contributed by atoms with Crippen LogP contribution in [0.5, 0.6) is 0 Å². The highest BCUT2D eigenvalue weighted by molar-refractivity contribution is 7.98. The quantitative estimate of drug-likeness (QED) is 0.706. The minimum absolute atomic E-state index is 0.734. The Morgan fingerprint density at radius 1 is 1.19 bits per heavy atom. The van der Waals surface area contributed by atoms with Crippen molar-refractivity contribution in [3.63, 3.8) is 0 Å². The average Bonchev–Trinajstić information content (AvgIpc) is 2.53. The van der Waals surface area contributed by atoms with Crippen molar-refractivity contribution in [2.24, 2.45) is 5.92 Å². The van der Waals surface area contributed by atoms with Crippen LogP contribution in [0.15, 0.2) is 0 Å². The standard InChI is InChI=1S/C14H29NS/c1-4-12-7-6-8-14(10-9-12)15-13(5-2)11-16-3/h12-15H,4-11H2,1-3H3. The Hall–Kier alpha value is 0.310. The molecule has 0 aromatic rings. The van der Waals surface area contributed by atoms with Crippen LogP contribution in [0.25, 0.3) is 0 Å². The highest BCUT2D eigenvalue weighted by atomic mass is 32.2. The molecular weight excluding hydrogens is 214 g/mol. The fourth-order valence-corrected chi connectivity index (χ4v) is 3.51. The van der Waals surface area contributed by atoms with Crippen LogP contribution in [0.4, 0.5) is 0 Å². The highest BCUT2D eigenvalue weighted by Gasteiger charge is 2.19. The summed E-state index contributed by atoms with van der Waals surface area (Å²) in [7, 11) is 0. The molecule has 1 rings (SSSR count). The molecule has 3 atom stereocenters. The van der Waals surface area contributed by atoms with Gasteiger partial charge in [-0.25, -0.2) is 0 Å². The van der Waals surface area contributed by atoms with Crippen molar-refractivity contribution >= 4 is 11.8 Å². The Morgan fingerprint density at radius 3 is 2.62 bits per heavy atom. The summed E-state index contributed by atoms with van der Waals surface area (Å²) in [6, 6.07) is 1.53. The van der Waals surface area contributed by atoms with Gasteiger partial charge in [0.15, 0.2) is 0 Å². The predicted molar refractivity (Wildman–Crippen MR) is 76.3 cm³/mol. The Morgan fingerprint density at radius 2 is 2.00 bits per heavy atom. The number of thioether (sulfide) groups is 1. The van der Waals surface area contributed by atoms with Crippen LogP contribution in [-0.2, 0) is 0 Å². The van der Waals surface area contributed by atoms with Crippen molar-refractivity contribution in [3.8, 4) is 0 Å². The average molecular weight is 243 g/mol. The van der Waals surface area contributed by atoms with Crippen LogP contribution >= 0.6 is 11.8 Å². The molecule has 3 unspecified atom stereocenters. The molecule has 1 N–H and O–H groups in total. The monoisotopic (exact) mass is 243 g/mol. The molecule has 1 aliphatic carbocycles. The van der Waals surface area contributed by atoms with Crippen molar-refractivity contribution in [2.75, 3.05) is 12.0 Å². The van der Waals surface area contributed by atoms with Crippen LogP contribution in [-0.4, -0.2) is 24.1 Å². The summed E-state index contributed by atoms with van der Waals surface area (Å²) in [6.45, 7) is 4.65. The van der Waals surface area contributed by atoms with Gasteiger partial charge in [-0.05, 0) is 37.9 Å². The van der Waals surface area contributed by atoms with Gasteiger partial charge in [0.1, 0.15) is 0 Å². The molecule has 0 aliphatic heterocycles. The summed E-state index contributed by atoms with van der Waals surface area (Å²) in [4.78, 5) is 0. The zero-order valence-corrected chi connectivity index (χ0v) is 12.1. The molecular formula is C14H29NS. The van der Waals surface area contributed by atoms with E-state index < -0.39 is 0 Å². The molecule has 1 nitrogen and oxygen atoms in total. The van der Waals surface area contributed by atoms with E-state index in [-0.39, 0.29) is 0 Å². The SMILES string of the molecule is CCC1CCCC(NC(CC)CSC)CC1. The van der Waals surface area contributed by atoms with Gasteiger partial charge in [0.2, 0.25) is 0 Å². The normalized spacial score (nSPS) is 28.7. The zero-order chi connectivity index (χ0) is 11.8. The second-order valence-corrected chi connectivity index (χ2v) is 6.12. The maximum atomic E-state index is 3.87. The maximum Gasteiger partial charge on any atom is 0.0158 e. The maximum absolute atomic E-state index is 3.87. The summed E-state index contributed by atoms with van der Waals surface area (Å²) >= 11 is 1.97. The van der Waals surface area contributed by atoms with Gasteiger partial charge in [0.25, 0.3) is 0 Å². The molecule has 2 heteroatoms. The lowest BCUT2D eigenvalue weighted by Gasteiger charge is -2.23. The smallest absolute Gasteiger partial charge is 0.0158 e. The van der Waals surface area contributed by atoms with Gasteiger partial charge in [0, 0.05) is 17.8 Å². The Kier molecular flexibility index (Phi) is 7.55. The van der Waals surface area contributed by atoms with E-state index in [1.807, 2.05) is 11.8 Å². The lowest BCUT2D eigenvalue weighted by Crippen LogP contribution is -2.39. The summed E-state index contributed by atoms with van der Waals surface area (Å²) in [5, 5.41) is 3.87. The highest BCUT2D eigenvalue weighted by Crippen LogP contribution is 2.25. The van der Waals surface area contributed by atoms with Crippen LogP contribution in [0, 0.1) is 5.92 Å². The number of nitrogens with one attached hydrogen (secondary N) is 1. The first-order chi connectivity index (χ1) is 7.80. The van der Waals surface area contributed by atoms with Crippen LogP contribution in [0.1, 0.15) is 58.8 Å². The van der Waals surface area contributed by atoms with Crippen LogP contribution in [0.2, 0.25) is 0 Å². The molecule has 0 bridgehead atoms. The minimum atomic E-state index is 0.734. The molecule has 0 aromatic carbocycles. The third-order valence-electron chi connectivity index (χ3n) is 4.00. The molecule has 0 amide bonds.